The lowest BCUT2D eigenvalue weighted by atomic mass is 10.1. The van der Waals surface area contributed by atoms with Crippen LogP contribution < -0.4 is 5.32 Å². The summed E-state index contributed by atoms with van der Waals surface area (Å²) in [4.78, 5) is 6.11. The highest BCUT2D eigenvalue weighted by atomic mass is 32.1. The van der Waals surface area contributed by atoms with Crippen molar-refractivity contribution in [1.82, 2.24) is 10.3 Å². The second-order valence-electron chi connectivity index (χ2n) is 5.75. The average molecular weight is 363 g/mol. The number of nitrogens with zero attached hydrogens (tertiary/aromatic N) is 1. The van der Waals surface area contributed by atoms with E-state index in [-0.39, 0.29) is 6.04 Å². The van der Waals surface area contributed by atoms with Crippen molar-refractivity contribution in [2.75, 3.05) is 0 Å². The van der Waals surface area contributed by atoms with Gasteiger partial charge in [0.2, 0.25) is 0 Å². The predicted octanol–water partition coefficient (Wildman–Crippen LogP) is 5.75. The lowest BCUT2D eigenvalue weighted by molar-refractivity contribution is 0.606. The summed E-state index contributed by atoms with van der Waals surface area (Å²) in [5.41, 5.74) is 3.54. The summed E-state index contributed by atoms with van der Waals surface area (Å²) in [7, 11) is 0. The molecule has 0 saturated heterocycles. The van der Waals surface area contributed by atoms with Crippen molar-refractivity contribution < 1.29 is 0 Å². The van der Waals surface area contributed by atoms with Gasteiger partial charge in [-0.15, -0.1) is 22.7 Å². The highest BCUT2D eigenvalue weighted by Gasteiger charge is 2.15. The molecule has 4 aromatic rings. The molecule has 0 aliphatic rings. The zero-order valence-electron chi connectivity index (χ0n) is 13.6. The van der Waals surface area contributed by atoms with Crippen LogP contribution in [0.2, 0.25) is 0 Å². The van der Waals surface area contributed by atoms with E-state index < -0.39 is 0 Å². The molecule has 0 radical (unpaired) electrons. The second-order valence-corrected chi connectivity index (χ2v) is 7.59. The molecular formula is C21H18N2S2. The molecule has 2 nitrogen and oxygen atoms in total. The molecule has 1 N–H and O–H groups in total. The van der Waals surface area contributed by atoms with Gasteiger partial charge in [-0.1, -0.05) is 66.7 Å². The Bertz CT molecular complexity index is 900. The minimum absolute atomic E-state index is 0.197. The van der Waals surface area contributed by atoms with Gasteiger partial charge < -0.3 is 0 Å². The van der Waals surface area contributed by atoms with Gasteiger partial charge in [-0.25, -0.2) is 4.98 Å². The minimum atomic E-state index is 0.197. The summed E-state index contributed by atoms with van der Waals surface area (Å²) in [5.74, 6) is 0. The molecule has 0 spiro atoms. The van der Waals surface area contributed by atoms with Crippen molar-refractivity contribution in [3.8, 4) is 10.6 Å². The third-order valence-corrected chi connectivity index (χ3v) is 5.90. The van der Waals surface area contributed by atoms with Gasteiger partial charge in [0.15, 0.2) is 0 Å². The second kappa shape index (κ2) is 7.74. The fourth-order valence-electron chi connectivity index (χ4n) is 2.79. The molecule has 4 rings (SSSR count). The normalized spacial score (nSPS) is 12.2. The Hall–Kier alpha value is -2.27. The Labute approximate surface area is 155 Å². The van der Waals surface area contributed by atoms with Gasteiger partial charge in [0.1, 0.15) is 5.01 Å². The van der Waals surface area contributed by atoms with E-state index in [9.17, 15) is 0 Å². The number of benzene rings is 2. The number of hydrogen-bond acceptors (Lipinski definition) is 4. The Balaban J connectivity index is 1.51. The van der Waals surface area contributed by atoms with E-state index in [0.29, 0.717) is 0 Å². The van der Waals surface area contributed by atoms with Crippen LogP contribution in [0.25, 0.3) is 10.6 Å². The van der Waals surface area contributed by atoms with Crippen molar-refractivity contribution in [2.45, 2.75) is 12.6 Å². The van der Waals surface area contributed by atoms with Crippen LogP contribution in [0.5, 0.6) is 0 Å². The van der Waals surface area contributed by atoms with E-state index in [0.717, 1.165) is 17.2 Å². The number of thiophene rings is 1. The SMILES string of the molecule is c1ccc(-c2nc(CN[C@H](c3ccccc3)c3cccs3)cs2)cc1. The van der Waals surface area contributed by atoms with Gasteiger partial charge in [0.25, 0.3) is 0 Å². The van der Waals surface area contributed by atoms with E-state index in [1.165, 1.54) is 16.0 Å². The molecule has 0 unspecified atom stereocenters. The minimum Gasteiger partial charge on any atom is -0.300 e. The zero-order valence-corrected chi connectivity index (χ0v) is 15.3. The summed E-state index contributed by atoms with van der Waals surface area (Å²) in [5, 5.41) is 9.02. The molecule has 2 heterocycles. The molecule has 124 valence electrons. The number of aromatic nitrogens is 1. The summed E-state index contributed by atoms with van der Waals surface area (Å²) in [6.45, 7) is 0.751. The van der Waals surface area contributed by atoms with Crippen LogP contribution in [-0.4, -0.2) is 4.98 Å². The monoisotopic (exact) mass is 362 g/mol. The van der Waals surface area contributed by atoms with E-state index >= 15 is 0 Å². The van der Waals surface area contributed by atoms with E-state index in [4.69, 9.17) is 4.98 Å². The maximum absolute atomic E-state index is 4.79. The Morgan fingerprint density at radius 2 is 1.60 bits per heavy atom. The molecule has 1 atom stereocenters. The van der Waals surface area contributed by atoms with Crippen molar-refractivity contribution in [1.29, 1.82) is 0 Å². The molecule has 0 aliphatic heterocycles. The van der Waals surface area contributed by atoms with Crippen molar-refractivity contribution in [3.63, 3.8) is 0 Å². The Kier molecular flexibility index (Phi) is 5.02. The first-order valence-corrected chi connectivity index (χ1v) is 9.97. The third-order valence-electron chi connectivity index (χ3n) is 4.02. The van der Waals surface area contributed by atoms with Crippen LogP contribution in [0.3, 0.4) is 0 Å². The smallest absolute Gasteiger partial charge is 0.123 e. The maximum Gasteiger partial charge on any atom is 0.123 e. The van der Waals surface area contributed by atoms with Gasteiger partial charge in [-0.3, -0.25) is 5.32 Å². The van der Waals surface area contributed by atoms with Gasteiger partial charge >= 0.3 is 0 Å². The Morgan fingerprint density at radius 1 is 0.840 bits per heavy atom. The number of thiazole rings is 1. The van der Waals surface area contributed by atoms with Gasteiger partial charge in [0, 0.05) is 22.4 Å². The maximum atomic E-state index is 4.79. The predicted molar refractivity (Wildman–Crippen MR) is 107 cm³/mol. The van der Waals surface area contributed by atoms with E-state index in [1.54, 1.807) is 22.7 Å². The summed E-state index contributed by atoms with van der Waals surface area (Å²) in [6.07, 6.45) is 0. The van der Waals surface area contributed by atoms with Crippen LogP contribution in [-0.2, 0) is 6.54 Å². The first kappa shape index (κ1) is 16.2. The topological polar surface area (TPSA) is 24.9 Å². The molecule has 4 heteroatoms. The van der Waals surface area contributed by atoms with Crippen LogP contribution >= 0.6 is 22.7 Å². The fourth-order valence-corrected chi connectivity index (χ4v) is 4.44. The lowest BCUT2D eigenvalue weighted by Crippen LogP contribution is -2.21. The lowest BCUT2D eigenvalue weighted by Gasteiger charge is -2.17. The van der Waals surface area contributed by atoms with Crippen molar-refractivity contribution in [2.24, 2.45) is 0 Å². The molecule has 0 amide bonds. The molecule has 25 heavy (non-hydrogen) atoms. The molecule has 2 aromatic heterocycles. The van der Waals surface area contributed by atoms with Crippen LogP contribution in [0, 0.1) is 0 Å². The number of hydrogen-bond donors (Lipinski definition) is 1. The molecule has 0 fully saturated rings. The average Bonchev–Trinajstić information content (AvgIpc) is 3.36. The number of rotatable bonds is 6. The highest BCUT2D eigenvalue weighted by Crippen LogP contribution is 2.27. The summed E-state index contributed by atoms with van der Waals surface area (Å²) in [6, 6.07) is 25.4. The summed E-state index contributed by atoms with van der Waals surface area (Å²) < 4.78 is 0. The Morgan fingerprint density at radius 3 is 2.32 bits per heavy atom. The van der Waals surface area contributed by atoms with Gasteiger partial charge in [0.05, 0.1) is 11.7 Å². The highest BCUT2D eigenvalue weighted by molar-refractivity contribution is 7.13. The largest absolute Gasteiger partial charge is 0.300 e. The summed E-state index contributed by atoms with van der Waals surface area (Å²) >= 11 is 3.48. The molecular weight excluding hydrogens is 344 g/mol. The number of nitrogens with one attached hydrogen (secondary N) is 1. The molecule has 0 bridgehead atoms. The van der Waals surface area contributed by atoms with E-state index in [1.807, 2.05) is 6.07 Å². The van der Waals surface area contributed by atoms with Crippen LogP contribution in [0.4, 0.5) is 0 Å². The fraction of sp³-hybridized carbons (Fsp3) is 0.0952. The standard InChI is InChI=1S/C21H18N2S2/c1-3-8-16(9-4-1)20(19-12-7-13-24-19)22-14-18-15-25-21(23-18)17-10-5-2-6-11-17/h1-13,15,20,22H,14H2/t20-/m1/s1. The van der Waals surface area contributed by atoms with Crippen LogP contribution in [0.15, 0.2) is 83.6 Å². The molecule has 0 aliphatic carbocycles. The van der Waals surface area contributed by atoms with Crippen LogP contribution in [0.1, 0.15) is 22.2 Å². The van der Waals surface area contributed by atoms with Gasteiger partial charge in [-0.2, -0.15) is 0 Å². The van der Waals surface area contributed by atoms with E-state index in [2.05, 4.69) is 82.8 Å². The zero-order chi connectivity index (χ0) is 16.9. The van der Waals surface area contributed by atoms with Gasteiger partial charge in [-0.05, 0) is 17.0 Å². The van der Waals surface area contributed by atoms with Crippen molar-refractivity contribution in [3.05, 3.63) is 99.7 Å². The third kappa shape index (κ3) is 3.87. The first-order valence-electron chi connectivity index (χ1n) is 8.22. The molecule has 2 aromatic carbocycles. The van der Waals surface area contributed by atoms with Crippen molar-refractivity contribution >= 4 is 22.7 Å². The quantitative estimate of drug-likeness (QED) is 0.472. The molecule has 0 saturated carbocycles. The first-order chi connectivity index (χ1) is 12.4.